The minimum Gasteiger partial charge on any atom is -0.291 e. The molecule has 0 aliphatic carbocycles. The second-order valence-corrected chi connectivity index (χ2v) is 5.31. The second kappa shape index (κ2) is 23.3. The summed E-state index contributed by atoms with van der Waals surface area (Å²) in [5, 5.41) is 0. The summed E-state index contributed by atoms with van der Waals surface area (Å²) in [4.78, 5) is 8.48. The Kier molecular flexibility index (Phi) is 27.4. The molecule has 0 aromatic carbocycles. The Morgan fingerprint density at radius 2 is 1.30 bits per heavy atom. The van der Waals surface area contributed by atoms with Gasteiger partial charge in [0.1, 0.15) is 0 Å². The number of hydrogen-bond acceptors (Lipinski definition) is 2. The highest BCUT2D eigenvalue weighted by atomic mass is 14.8. The zero-order chi connectivity index (χ0) is 18.5. The fraction of sp³-hybridized carbons (Fsp3) is 0.810. The van der Waals surface area contributed by atoms with Gasteiger partial charge in [-0.25, -0.2) is 0 Å². The van der Waals surface area contributed by atoms with Crippen molar-refractivity contribution in [1.29, 1.82) is 0 Å². The van der Waals surface area contributed by atoms with Crippen LogP contribution in [-0.2, 0) is 0 Å². The molecule has 0 bridgehead atoms. The van der Waals surface area contributed by atoms with E-state index in [9.17, 15) is 0 Å². The molecule has 0 saturated carbocycles. The minimum atomic E-state index is 1.02. The van der Waals surface area contributed by atoms with Crippen LogP contribution in [0.1, 0.15) is 99.8 Å². The van der Waals surface area contributed by atoms with Crippen LogP contribution >= 0.6 is 0 Å². The highest BCUT2D eigenvalue weighted by Crippen LogP contribution is 2.08. The SMILES string of the molecule is CC.CCC/C=C(\CC)C(=NC)C(C)=NC.CCCCCCC. The standard InChI is InChI=1S/C12H22N2.C7H16.C2H6/c1-6-8-9-11(7-2)12(14-5)10(3)13-4;1-3-5-7-6-4-2;1-2/h9H,6-8H2,1-5H3;3-7H2,1-2H3;1-2H3/b11-9+,13-10?,14-12?;;. The molecule has 0 aliphatic rings. The number of rotatable bonds is 9. The predicted octanol–water partition coefficient (Wildman–Crippen LogP) is 7.29. The summed E-state index contributed by atoms with van der Waals surface area (Å²) in [5.74, 6) is 0. The lowest BCUT2D eigenvalue weighted by Crippen LogP contribution is -2.13. The van der Waals surface area contributed by atoms with Crippen molar-refractivity contribution < 1.29 is 0 Å². The molecule has 2 nitrogen and oxygen atoms in total. The van der Waals surface area contributed by atoms with Gasteiger partial charge in [-0.2, -0.15) is 0 Å². The lowest BCUT2D eigenvalue weighted by molar-refractivity contribution is 0.656. The van der Waals surface area contributed by atoms with E-state index in [1.807, 2.05) is 34.9 Å². The van der Waals surface area contributed by atoms with Crippen LogP contribution in [0.5, 0.6) is 0 Å². The van der Waals surface area contributed by atoms with Crippen LogP contribution < -0.4 is 0 Å². The van der Waals surface area contributed by atoms with Gasteiger partial charge in [-0.05, 0) is 25.3 Å². The normalized spacial score (nSPS) is 12.1. The maximum atomic E-state index is 4.30. The van der Waals surface area contributed by atoms with E-state index in [0.717, 1.165) is 24.3 Å². The minimum absolute atomic E-state index is 1.02. The molecule has 0 N–H and O–H groups in total. The van der Waals surface area contributed by atoms with E-state index < -0.39 is 0 Å². The molecule has 0 aromatic rings. The van der Waals surface area contributed by atoms with E-state index in [-0.39, 0.29) is 0 Å². The number of hydrogen-bond donors (Lipinski definition) is 0. The van der Waals surface area contributed by atoms with Crippen molar-refractivity contribution in [2.24, 2.45) is 9.98 Å². The molecule has 23 heavy (non-hydrogen) atoms. The lowest BCUT2D eigenvalue weighted by atomic mass is 10.0. The van der Waals surface area contributed by atoms with Crippen molar-refractivity contribution in [1.82, 2.24) is 0 Å². The van der Waals surface area contributed by atoms with Gasteiger partial charge in [0, 0.05) is 14.1 Å². The van der Waals surface area contributed by atoms with Crippen LogP contribution in [0.25, 0.3) is 0 Å². The highest BCUT2D eigenvalue weighted by molar-refractivity contribution is 6.47. The second-order valence-electron chi connectivity index (χ2n) is 5.31. The molecule has 0 aromatic heterocycles. The molecule has 0 radical (unpaired) electrons. The Hall–Kier alpha value is -0.920. The number of aliphatic imine (C=N–C) groups is 2. The monoisotopic (exact) mass is 324 g/mol. The lowest BCUT2D eigenvalue weighted by Gasteiger charge is -2.07. The maximum absolute atomic E-state index is 4.30. The number of allylic oxidation sites excluding steroid dienone is 2. The maximum Gasteiger partial charge on any atom is 0.0806 e. The zero-order valence-corrected chi connectivity index (χ0v) is 17.6. The summed E-state index contributed by atoms with van der Waals surface area (Å²) >= 11 is 0. The van der Waals surface area contributed by atoms with Crippen LogP contribution in [-0.4, -0.2) is 25.5 Å². The average Bonchev–Trinajstić information content (AvgIpc) is 2.60. The summed E-state index contributed by atoms with van der Waals surface area (Å²) in [7, 11) is 3.65. The third-order valence-corrected chi connectivity index (χ3v) is 3.47. The van der Waals surface area contributed by atoms with Crippen molar-refractivity contribution in [3.05, 3.63) is 11.6 Å². The molecule has 0 fully saturated rings. The Morgan fingerprint density at radius 3 is 1.61 bits per heavy atom. The van der Waals surface area contributed by atoms with Gasteiger partial charge in [0.25, 0.3) is 0 Å². The largest absolute Gasteiger partial charge is 0.291 e. The molecule has 138 valence electrons. The molecule has 0 heterocycles. The van der Waals surface area contributed by atoms with Gasteiger partial charge >= 0.3 is 0 Å². The van der Waals surface area contributed by atoms with Gasteiger partial charge in [-0.15, -0.1) is 0 Å². The first-order valence-corrected chi connectivity index (χ1v) is 9.72. The van der Waals surface area contributed by atoms with Crippen molar-refractivity contribution in [3.8, 4) is 0 Å². The van der Waals surface area contributed by atoms with Crippen LogP contribution in [0.2, 0.25) is 0 Å². The molecule has 0 spiro atoms. The van der Waals surface area contributed by atoms with Crippen molar-refractivity contribution in [3.63, 3.8) is 0 Å². The average molecular weight is 325 g/mol. The fourth-order valence-corrected chi connectivity index (χ4v) is 2.05. The van der Waals surface area contributed by atoms with Gasteiger partial charge in [0.2, 0.25) is 0 Å². The Balaban J connectivity index is -0.000000373. The first kappa shape index (κ1) is 27.0. The van der Waals surface area contributed by atoms with E-state index >= 15 is 0 Å². The van der Waals surface area contributed by atoms with Crippen LogP contribution in [0.15, 0.2) is 21.6 Å². The van der Waals surface area contributed by atoms with E-state index in [2.05, 4.69) is 43.8 Å². The fourth-order valence-electron chi connectivity index (χ4n) is 2.05. The van der Waals surface area contributed by atoms with Gasteiger partial charge in [-0.3, -0.25) is 9.98 Å². The quantitative estimate of drug-likeness (QED) is 0.314. The number of nitrogens with zero attached hydrogens (tertiary/aromatic N) is 2. The molecule has 0 saturated heterocycles. The molecule has 0 amide bonds. The van der Waals surface area contributed by atoms with Crippen LogP contribution in [0.4, 0.5) is 0 Å². The first-order chi connectivity index (χ1) is 11.1. The molecule has 0 unspecified atom stereocenters. The Labute approximate surface area is 147 Å². The molecular formula is C21H44N2. The summed E-state index contributed by atoms with van der Waals surface area (Å²) in [6.45, 7) is 14.9. The zero-order valence-electron chi connectivity index (χ0n) is 17.6. The van der Waals surface area contributed by atoms with Crippen LogP contribution in [0, 0.1) is 0 Å². The van der Waals surface area contributed by atoms with Crippen molar-refractivity contribution >= 4 is 11.4 Å². The van der Waals surface area contributed by atoms with E-state index in [0.29, 0.717) is 0 Å². The van der Waals surface area contributed by atoms with Crippen LogP contribution in [0.3, 0.4) is 0 Å². The molecule has 0 rings (SSSR count). The molecule has 0 atom stereocenters. The Morgan fingerprint density at radius 1 is 0.783 bits per heavy atom. The van der Waals surface area contributed by atoms with Crippen molar-refractivity contribution in [2.45, 2.75) is 99.8 Å². The van der Waals surface area contributed by atoms with E-state index in [1.54, 1.807) is 0 Å². The first-order valence-electron chi connectivity index (χ1n) is 9.72. The Bertz CT molecular complexity index is 308. The van der Waals surface area contributed by atoms with Crippen molar-refractivity contribution in [2.75, 3.05) is 14.1 Å². The third kappa shape index (κ3) is 17.3. The smallest absolute Gasteiger partial charge is 0.0806 e. The third-order valence-electron chi connectivity index (χ3n) is 3.47. The molecule has 2 heteroatoms. The highest BCUT2D eigenvalue weighted by Gasteiger charge is 2.06. The van der Waals surface area contributed by atoms with Gasteiger partial charge in [-0.1, -0.05) is 86.1 Å². The van der Waals surface area contributed by atoms with E-state index in [4.69, 9.17) is 0 Å². The summed E-state index contributed by atoms with van der Waals surface area (Å²) in [6.07, 6.45) is 12.6. The number of unbranched alkanes of at least 4 members (excludes halogenated alkanes) is 5. The topological polar surface area (TPSA) is 24.7 Å². The van der Waals surface area contributed by atoms with Gasteiger partial charge in [0.05, 0.1) is 11.4 Å². The molecule has 0 aliphatic heterocycles. The van der Waals surface area contributed by atoms with Gasteiger partial charge < -0.3 is 0 Å². The molecular weight excluding hydrogens is 280 g/mol. The van der Waals surface area contributed by atoms with E-state index in [1.165, 1.54) is 44.1 Å². The summed E-state index contributed by atoms with van der Waals surface area (Å²) in [5.41, 5.74) is 3.40. The summed E-state index contributed by atoms with van der Waals surface area (Å²) in [6, 6.07) is 0. The summed E-state index contributed by atoms with van der Waals surface area (Å²) < 4.78 is 0. The predicted molar refractivity (Wildman–Crippen MR) is 111 cm³/mol. The van der Waals surface area contributed by atoms with Gasteiger partial charge in [0.15, 0.2) is 0 Å².